The Morgan fingerprint density at radius 1 is 0.583 bits per heavy atom. The van der Waals surface area contributed by atoms with Gasteiger partial charge in [-0.05, 0) is 54.1 Å². The van der Waals surface area contributed by atoms with Gasteiger partial charge >= 0.3 is 0 Å². The molecule has 5 rings (SSSR count). The summed E-state index contributed by atoms with van der Waals surface area (Å²) in [4.78, 5) is 1.48. The van der Waals surface area contributed by atoms with Crippen LogP contribution in [0.1, 0.15) is 10.4 Å². The number of aryl methyl sites for hydroxylation is 2. The molecule has 0 radical (unpaired) electrons. The quantitative estimate of drug-likeness (QED) is 0.329. The van der Waals surface area contributed by atoms with Gasteiger partial charge in [-0.15, -0.1) is 22.7 Å². The van der Waals surface area contributed by atoms with Gasteiger partial charge in [0, 0.05) is 29.7 Å². The predicted octanol–water partition coefficient (Wildman–Crippen LogP) is 7.05. The summed E-state index contributed by atoms with van der Waals surface area (Å²) in [7, 11) is 0. The zero-order chi connectivity index (χ0) is 15.9. The highest BCUT2D eigenvalue weighted by molar-refractivity contribution is 7.25. The van der Waals surface area contributed by atoms with Crippen LogP contribution in [-0.4, -0.2) is 0 Å². The molecule has 0 fully saturated rings. The minimum Gasteiger partial charge on any atom is -0.140 e. The highest BCUT2D eigenvalue weighted by atomic mass is 32.1. The van der Waals surface area contributed by atoms with Crippen LogP contribution in [0.15, 0.2) is 72.8 Å². The maximum atomic E-state index is 2.39. The van der Waals surface area contributed by atoms with E-state index in [0.29, 0.717) is 0 Å². The minimum absolute atomic E-state index is 1.10. The lowest BCUT2D eigenvalue weighted by Gasteiger charge is -2.01. The lowest BCUT2D eigenvalue weighted by molar-refractivity contribution is 0.984. The summed E-state index contributed by atoms with van der Waals surface area (Å²) in [5, 5.41) is 4.17. The fourth-order valence-corrected chi connectivity index (χ4v) is 5.51. The van der Waals surface area contributed by atoms with Crippen LogP contribution >= 0.6 is 22.7 Å². The van der Waals surface area contributed by atoms with Crippen LogP contribution in [0.4, 0.5) is 0 Å². The van der Waals surface area contributed by atoms with Crippen molar-refractivity contribution in [2.45, 2.75) is 12.8 Å². The normalized spacial score (nSPS) is 11.7. The van der Waals surface area contributed by atoms with Crippen molar-refractivity contribution in [3.63, 3.8) is 0 Å². The Kier molecular flexibility index (Phi) is 3.39. The molecule has 0 atom stereocenters. The molecule has 0 nitrogen and oxygen atoms in total. The van der Waals surface area contributed by atoms with E-state index in [4.69, 9.17) is 0 Å². The van der Waals surface area contributed by atoms with E-state index in [1.54, 1.807) is 0 Å². The Morgan fingerprint density at radius 2 is 1.38 bits per heavy atom. The minimum atomic E-state index is 1.10. The van der Waals surface area contributed by atoms with Crippen LogP contribution in [0, 0.1) is 0 Å². The summed E-state index contributed by atoms with van der Waals surface area (Å²) in [6.45, 7) is 0. The third kappa shape index (κ3) is 2.43. The maximum Gasteiger partial charge on any atom is 0.0355 e. The van der Waals surface area contributed by atoms with E-state index >= 15 is 0 Å². The van der Waals surface area contributed by atoms with Crippen molar-refractivity contribution in [3.8, 4) is 0 Å². The van der Waals surface area contributed by atoms with Crippen LogP contribution in [0.2, 0.25) is 0 Å². The van der Waals surface area contributed by atoms with Crippen molar-refractivity contribution in [1.82, 2.24) is 0 Å². The van der Waals surface area contributed by atoms with E-state index in [-0.39, 0.29) is 0 Å². The average molecular weight is 345 g/mol. The molecule has 3 aromatic carbocycles. The van der Waals surface area contributed by atoms with Gasteiger partial charge in [-0.3, -0.25) is 0 Å². The SMILES string of the molecule is c1ccc2sc(CCc3ccc4sc5ccccc5c4c3)cc2c1. The molecule has 0 saturated carbocycles. The molecule has 2 heteroatoms. The fraction of sp³-hybridized carbons (Fsp3) is 0.0909. The van der Waals surface area contributed by atoms with Crippen LogP contribution in [0.5, 0.6) is 0 Å². The van der Waals surface area contributed by atoms with Crippen molar-refractivity contribution < 1.29 is 0 Å². The second-order valence-corrected chi connectivity index (χ2v) is 8.43. The van der Waals surface area contributed by atoms with E-state index in [9.17, 15) is 0 Å². The monoisotopic (exact) mass is 344 g/mol. The largest absolute Gasteiger partial charge is 0.140 e. The van der Waals surface area contributed by atoms with E-state index in [1.165, 1.54) is 40.7 Å². The molecule has 0 aliphatic carbocycles. The Bertz CT molecular complexity index is 1130. The van der Waals surface area contributed by atoms with E-state index in [1.807, 2.05) is 22.7 Å². The Balaban J connectivity index is 1.46. The molecule has 2 aromatic heterocycles. The summed E-state index contributed by atoms with van der Waals surface area (Å²) < 4.78 is 4.17. The van der Waals surface area contributed by atoms with Crippen molar-refractivity contribution in [1.29, 1.82) is 0 Å². The smallest absolute Gasteiger partial charge is 0.0355 e. The topological polar surface area (TPSA) is 0 Å². The van der Waals surface area contributed by atoms with Gasteiger partial charge in [-0.1, -0.05) is 42.5 Å². The van der Waals surface area contributed by atoms with Gasteiger partial charge in [-0.25, -0.2) is 0 Å². The fourth-order valence-electron chi connectivity index (χ4n) is 3.36. The van der Waals surface area contributed by atoms with Crippen molar-refractivity contribution >= 4 is 52.9 Å². The first-order valence-electron chi connectivity index (χ1n) is 8.24. The molecule has 2 heterocycles. The van der Waals surface area contributed by atoms with E-state index in [2.05, 4.69) is 72.8 Å². The number of hydrogen-bond donors (Lipinski definition) is 0. The first-order valence-corrected chi connectivity index (χ1v) is 9.88. The van der Waals surface area contributed by atoms with Gasteiger partial charge in [0.05, 0.1) is 0 Å². The second-order valence-electron chi connectivity index (χ2n) is 6.18. The first-order chi connectivity index (χ1) is 11.9. The first kappa shape index (κ1) is 14.2. The standard InChI is InChI=1S/C22H16S2/c1-3-7-20-16(5-1)14-17(23-20)11-9-15-10-12-22-19(13-15)18-6-2-4-8-21(18)24-22/h1-8,10,12-14H,9,11H2. The number of hydrogen-bond acceptors (Lipinski definition) is 2. The molecule has 0 saturated heterocycles. The average Bonchev–Trinajstić information content (AvgIpc) is 3.20. The predicted molar refractivity (Wildman–Crippen MR) is 109 cm³/mol. The molecule has 24 heavy (non-hydrogen) atoms. The van der Waals surface area contributed by atoms with Crippen LogP contribution in [-0.2, 0) is 12.8 Å². The van der Waals surface area contributed by atoms with Gasteiger partial charge in [0.2, 0.25) is 0 Å². The van der Waals surface area contributed by atoms with Crippen LogP contribution in [0.25, 0.3) is 30.3 Å². The summed E-state index contributed by atoms with van der Waals surface area (Å²) in [6, 6.07) is 26.7. The van der Waals surface area contributed by atoms with Crippen molar-refractivity contribution in [2.75, 3.05) is 0 Å². The molecule has 0 bridgehead atoms. The van der Waals surface area contributed by atoms with Crippen LogP contribution in [0.3, 0.4) is 0 Å². The molecular weight excluding hydrogens is 328 g/mol. The molecule has 116 valence electrons. The molecule has 5 aromatic rings. The number of benzene rings is 3. The zero-order valence-corrected chi connectivity index (χ0v) is 14.8. The van der Waals surface area contributed by atoms with Gasteiger partial charge in [0.25, 0.3) is 0 Å². The molecule has 0 aliphatic rings. The molecule has 0 spiro atoms. The third-order valence-electron chi connectivity index (χ3n) is 4.58. The third-order valence-corrected chi connectivity index (χ3v) is 6.91. The zero-order valence-electron chi connectivity index (χ0n) is 13.2. The van der Waals surface area contributed by atoms with Crippen molar-refractivity contribution in [3.05, 3.63) is 83.2 Å². The van der Waals surface area contributed by atoms with Crippen molar-refractivity contribution in [2.24, 2.45) is 0 Å². The van der Waals surface area contributed by atoms with Gasteiger partial charge in [0.15, 0.2) is 0 Å². The molecule has 0 aliphatic heterocycles. The summed E-state index contributed by atoms with van der Waals surface area (Å²) in [5.41, 5.74) is 1.43. The molecule has 0 unspecified atom stereocenters. The Labute approximate surface area is 149 Å². The van der Waals surface area contributed by atoms with Crippen LogP contribution < -0.4 is 0 Å². The Hall–Kier alpha value is -2.16. The summed E-state index contributed by atoms with van der Waals surface area (Å²) in [6.07, 6.45) is 2.22. The number of rotatable bonds is 3. The maximum absolute atomic E-state index is 2.39. The lowest BCUT2D eigenvalue weighted by atomic mass is 10.1. The second kappa shape index (κ2) is 5.73. The highest BCUT2D eigenvalue weighted by Crippen LogP contribution is 2.34. The number of thiophene rings is 2. The van der Waals surface area contributed by atoms with Gasteiger partial charge in [0.1, 0.15) is 0 Å². The van der Waals surface area contributed by atoms with Gasteiger partial charge < -0.3 is 0 Å². The van der Waals surface area contributed by atoms with E-state index < -0.39 is 0 Å². The Morgan fingerprint density at radius 3 is 2.29 bits per heavy atom. The highest BCUT2D eigenvalue weighted by Gasteiger charge is 2.06. The van der Waals surface area contributed by atoms with Gasteiger partial charge in [-0.2, -0.15) is 0 Å². The lowest BCUT2D eigenvalue weighted by Crippen LogP contribution is -1.88. The number of fused-ring (bicyclic) bond motifs is 4. The van der Waals surface area contributed by atoms with E-state index in [0.717, 1.165) is 12.8 Å². The molecule has 0 N–H and O–H groups in total. The molecule has 0 amide bonds. The summed E-state index contributed by atoms with van der Waals surface area (Å²) in [5.74, 6) is 0. The molecular formula is C22H16S2. The summed E-state index contributed by atoms with van der Waals surface area (Å²) >= 11 is 3.82.